The molecule has 0 unspecified atom stereocenters. The number of esters is 1. The van der Waals surface area contributed by atoms with Crippen LogP contribution in [0.5, 0.6) is 5.75 Å². The summed E-state index contributed by atoms with van der Waals surface area (Å²) in [7, 11) is -3.80. The van der Waals surface area contributed by atoms with Gasteiger partial charge >= 0.3 is 5.97 Å². The first-order valence-electron chi connectivity index (χ1n) is 7.70. The van der Waals surface area contributed by atoms with Gasteiger partial charge in [0.15, 0.2) is 0 Å². The molecule has 0 radical (unpaired) electrons. The fraction of sp³-hybridized carbons (Fsp3) is 0.353. The number of benzene rings is 1. The zero-order chi connectivity index (χ0) is 18.6. The smallest absolute Gasteiger partial charge is 0.339 e. The first-order valence-corrected chi connectivity index (χ1v) is 10.1. The molecule has 1 aromatic carbocycles. The molecular weight excluding hydrogens is 362 g/mol. The summed E-state index contributed by atoms with van der Waals surface area (Å²) >= 11 is 0.881. The second-order valence-electron chi connectivity index (χ2n) is 5.86. The number of sulfonamides is 1. The zero-order valence-electron chi connectivity index (χ0n) is 14.3. The molecule has 0 aliphatic carbocycles. The highest BCUT2D eigenvalue weighted by Crippen LogP contribution is 2.23. The van der Waals surface area contributed by atoms with Crippen molar-refractivity contribution in [2.45, 2.75) is 30.9 Å². The molecule has 0 amide bonds. The summed E-state index contributed by atoms with van der Waals surface area (Å²) in [5, 5.41) is 6.41. The van der Waals surface area contributed by atoms with Crippen LogP contribution in [-0.4, -0.2) is 27.6 Å². The van der Waals surface area contributed by atoms with Gasteiger partial charge in [0.1, 0.15) is 23.2 Å². The summed E-state index contributed by atoms with van der Waals surface area (Å²) in [6.07, 6.45) is 0. The molecule has 0 saturated carbocycles. The zero-order valence-corrected chi connectivity index (χ0v) is 15.9. The number of aryl methyl sites for hydroxylation is 1. The third kappa shape index (κ3) is 5.29. The maximum absolute atomic E-state index is 11.9. The van der Waals surface area contributed by atoms with E-state index in [1.165, 1.54) is 17.0 Å². The highest BCUT2D eigenvalue weighted by Gasteiger charge is 2.16. The van der Waals surface area contributed by atoms with Gasteiger partial charge in [-0.05, 0) is 42.2 Å². The Kier molecular flexibility index (Phi) is 6.21. The summed E-state index contributed by atoms with van der Waals surface area (Å²) < 4.78 is 33.0. The number of carbonyl (C=O) groups excluding carboxylic acids is 1. The minimum absolute atomic E-state index is 0.0599. The fourth-order valence-electron chi connectivity index (χ4n) is 2.34. The van der Waals surface area contributed by atoms with Crippen LogP contribution in [0.15, 0.2) is 33.9 Å². The number of nitrogens with two attached hydrogens (primary N) is 1. The van der Waals surface area contributed by atoms with E-state index in [0.29, 0.717) is 11.7 Å². The van der Waals surface area contributed by atoms with Crippen LogP contribution in [0.25, 0.3) is 0 Å². The predicted octanol–water partition coefficient (Wildman–Crippen LogP) is 3.06. The van der Waals surface area contributed by atoms with Gasteiger partial charge < -0.3 is 9.47 Å². The molecule has 6 nitrogen and oxygen atoms in total. The highest BCUT2D eigenvalue weighted by atomic mass is 32.2. The number of thiophene rings is 1. The normalized spacial score (nSPS) is 11.6. The number of hydrogen-bond acceptors (Lipinski definition) is 6. The number of primary sulfonamides is 1. The lowest BCUT2D eigenvalue weighted by Crippen LogP contribution is -2.13. The van der Waals surface area contributed by atoms with Gasteiger partial charge in [-0.15, -0.1) is 11.3 Å². The van der Waals surface area contributed by atoms with E-state index in [9.17, 15) is 13.2 Å². The van der Waals surface area contributed by atoms with Crippen molar-refractivity contribution < 1.29 is 22.7 Å². The van der Waals surface area contributed by atoms with Crippen molar-refractivity contribution in [2.24, 2.45) is 5.14 Å². The molecule has 0 aliphatic heterocycles. The molecule has 2 rings (SSSR count). The SMILES string of the molecule is Cc1cc(OCCOC(=O)c2csc(S(N)(=O)=O)c2)ccc1C(C)C. The lowest BCUT2D eigenvalue weighted by molar-refractivity contribution is 0.0451. The summed E-state index contributed by atoms with van der Waals surface area (Å²) in [4.78, 5) is 11.9. The minimum atomic E-state index is -3.80. The third-order valence-corrected chi connectivity index (χ3v) is 5.93. The Bertz CT molecular complexity index is 856. The van der Waals surface area contributed by atoms with Gasteiger partial charge in [-0.1, -0.05) is 19.9 Å². The van der Waals surface area contributed by atoms with E-state index in [0.717, 1.165) is 16.9 Å². The molecule has 2 aromatic rings. The molecule has 1 heterocycles. The number of carbonyl (C=O) groups is 1. The average molecular weight is 383 g/mol. The highest BCUT2D eigenvalue weighted by molar-refractivity contribution is 7.91. The first-order chi connectivity index (χ1) is 11.7. The van der Waals surface area contributed by atoms with Crippen molar-refractivity contribution >= 4 is 27.3 Å². The molecule has 136 valence electrons. The summed E-state index contributed by atoms with van der Waals surface area (Å²) in [6, 6.07) is 7.08. The molecule has 25 heavy (non-hydrogen) atoms. The maximum Gasteiger partial charge on any atom is 0.339 e. The van der Waals surface area contributed by atoms with Gasteiger partial charge in [0.25, 0.3) is 0 Å². The van der Waals surface area contributed by atoms with Crippen LogP contribution in [0.1, 0.15) is 41.3 Å². The molecule has 0 saturated heterocycles. The van der Waals surface area contributed by atoms with E-state index < -0.39 is 16.0 Å². The molecule has 8 heteroatoms. The minimum Gasteiger partial charge on any atom is -0.490 e. The monoisotopic (exact) mass is 383 g/mol. The second-order valence-corrected chi connectivity index (χ2v) is 8.56. The van der Waals surface area contributed by atoms with Crippen LogP contribution >= 0.6 is 11.3 Å². The van der Waals surface area contributed by atoms with Gasteiger partial charge in [0.05, 0.1) is 5.56 Å². The van der Waals surface area contributed by atoms with E-state index in [4.69, 9.17) is 14.6 Å². The van der Waals surface area contributed by atoms with E-state index in [1.807, 2.05) is 25.1 Å². The van der Waals surface area contributed by atoms with E-state index in [-0.39, 0.29) is 23.0 Å². The first kappa shape index (κ1) is 19.4. The topological polar surface area (TPSA) is 95.7 Å². The Labute approximate surface area is 151 Å². The standard InChI is InChI=1S/C17H21NO5S2/c1-11(2)15-5-4-14(8-12(15)3)22-6-7-23-17(19)13-9-16(24-10-13)25(18,20)21/h4-5,8-11H,6-7H2,1-3H3,(H2,18,20,21). The number of hydrogen-bond donors (Lipinski definition) is 1. The molecule has 0 bridgehead atoms. The van der Waals surface area contributed by atoms with Gasteiger partial charge in [-0.2, -0.15) is 0 Å². The molecule has 0 spiro atoms. The molecule has 0 aliphatic rings. The fourth-order valence-corrected chi connectivity index (χ4v) is 3.91. The molecule has 0 fully saturated rings. The van der Waals surface area contributed by atoms with E-state index in [2.05, 4.69) is 13.8 Å². The molecule has 2 N–H and O–H groups in total. The average Bonchev–Trinajstić information content (AvgIpc) is 3.01. The number of rotatable bonds is 7. The molecule has 1 aromatic heterocycles. The summed E-state index contributed by atoms with van der Waals surface area (Å²) in [6.45, 7) is 6.56. The maximum atomic E-state index is 11.9. The second kappa shape index (κ2) is 7.99. The van der Waals surface area contributed by atoms with Gasteiger partial charge in [0, 0.05) is 5.38 Å². The van der Waals surface area contributed by atoms with Crippen molar-refractivity contribution in [2.75, 3.05) is 13.2 Å². The molecular formula is C17H21NO5S2. The third-order valence-electron chi connectivity index (χ3n) is 3.54. The molecule has 0 atom stereocenters. The van der Waals surface area contributed by atoms with Crippen LogP contribution in [0.4, 0.5) is 0 Å². The van der Waals surface area contributed by atoms with E-state index >= 15 is 0 Å². The van der Waals surface area contributed by atoms with Crippen molar-refractivity contribution in [3.8, 4) is 5.75 Å². The van der Waals surface area contributed by atoms with Crippen LogP contribution in [-0.2, 0) is 14.8 Å². The number of ether oxygens (including phenoxy) is 2. The van der Waals surface area contributed by atoms with Crippen LogP contribution in [0.3, 0.4) is 0 Å². The van der Waals surface area contributed by atoms with Crippen molar-refractivity contribution in [3.63, 3.8) is 0 Å². The summed E-state index contributed by atoms with van der Waals surface area (Å²) in [5.74, 6) is 0.550. The van der Waals surface area contributed by atoms with Gasteiger partial charge in [0.2, 0.25) is 10.0 Å². The van der Waals surface area contributed by atoms with Crippen molar-refractivity contribution in [3.05, 3.63) is 46.3 Å². The Balaban J connectivity index is 1.84. The Morgan fingerprint density at radius 1 is 1.24 bits per heavy atom. The van der Waals surface area contributed by atoms with Crippen molar-refractivity contribution in [1.29, 1.82) is 0 Å². The largest absolute Gasteiger partial charge is 0.490 e. The predicted molar refractivity (Wildman–Crippen MR) is 96.7 cm³/mol. The van der Waals surface area contributed by atoms with Crippen LogP contribution < -0.4 is 9.88 Å². The van der Waals surface area contributed by atoms with Gasteiger partial charge in [-0.25, -0.2) is 18.4 Å². The van der Waals surface area contributed by atoms with Crippen molar-refractivity contribution in [1.82, 2.24) is 0 Å². The lowest BCUT2D eigenvalue weighted by atomic mass is 9.98. The Morgan fingerprint density at radius 2 is 1.96 bits per heavy atom. The Morgan fingerprint density at radius 3 is 2.52 bits per heavy atom. The Hall–Kier alpha value is -1.90. The van der Waals surface area contributed by atoms with Crippen LogP contribution in [0, 0.1) is 6.92 Å². The lowest BCUT2D eigenvalue weighted by Gasteiger charge is -2.12. The summed E-state index contributed by atoms with van der Waals surface area (Å²) in [5.41, 5.74) is 2.58. The van der Waals surface area contributed by atoms with Gasteiger partial charge in [-0.3, -0.25) is 0 Å². The quantitative estimate of drug-likeness (QED) is 0.585. The van der Waals surface area contributed by atoms with E-state index in [1.54, 1.807) is 0 Å². The van der Waals surface area contributed by atoms with Crippen LogP contribution in [0.2, 0.25) is 0 Å².